The Morgan fingerprint density at radius 2 is 1.48 bits per heavy atom. The fourth-order valence-electron chi connectivity index (χ4n) is 3.01. The van der Waals surface area contributed by atoms with Gasteiger partial charge in [0, 0.05) is 32.2 Å². The molecule has 0 aliphatic rings. The first-order valence-electron chi connectivity index (χ1n) is 9.83. The second-order valence-electron chi connectivity index (χ2n) is 6.50. The van der Waals surface area contributed by atoms with E-state index in [4.69, 9.17) is 0 Å². The summed E-state index contributed by atoms with van der Waals surface area (Å²) in [6, 6.07) is 15.1. The molecule has 2 N–H and O–H groups in total. The van der Waals surface area contributed by atoms with Crippen LogP contribution in [0.25, 0.3) is 0 Å². The highest BCUT2D eigenvalue weighted by atomic mass is 19.3. The van der Waals surface area contributed by atoms with Crippen molar-refractivity contribution in [3.8, 4) is 5.75 Å². The molecule has 0 unspecified atom stereocenters. The molecule has 158 valence electrons. The van der Waals surface area contributed by atoms with Crippen molar-refractivity contribution >= 4 is 5.96 Å². The summed E-state index contributed by atoms with van der Waals surface area (Å²) in [5.41, 5.74) is 3.11. The molecule has 0 saturated heterocycles. The van der Waals surface area contributed by atoms with Crippen LogP contribution in [0.5, 0.6) is 5.75 Å². The summed E-state index contributed by atoms with van der Waals surface area (Å²) in [6.07, 6.45) is 0. The number of aliphatic imine (C=N–C) groups is 1. The first-order valence-corrected chi connectivity index (χ1v) is 9.83. The molecule has 0 saturated carbocycles. The van der Waals surface area contributed by atoms with Crippen molar-refractivity contribution < 1.29 is 13.5 Å². The predicted molar refractivity (Wildman–Crippen MR) is 113 cm³/mol. The summed E-state index contributed by atoms with van der Waals surface area (Å²) in [4.78, 5) is 6.59. The molecular weight excluding hydrogens is 374 g/mol. The van der Waals surface area contributed by atoms with E-state index < -0.39 is 6.61 Å². The molecule has 5 nitrogen and oxygen atoms in total. The summed E-state index contributed by atoms with van der Waals surface area (Å²) < 4.78 is 29.7. The Bertz CT molecular complexity index is 779. The van der Waals surface area contributed by atoms with Gasteiger partial charge in [-0.2, -0.15) is 8.78 Å². The zero-order valence-corrected chi connectivity index (χ0v) is 17.3. The molecule has 2 rings (SSSR count). The number of para-hydroxylation sites is 1. The molecule has 0 heterocycles. The molecule has 0 amide bonds. The van der Waals surface area contributed by atoms with Crippen LogP contribution in [0.1, 0.15) is 30.5 Å². The summed E-state index contributed by atoms with van der Waals surface area (Å²) in [6.45, 7) is 5.31. The van der Waals surface area contributed by atoms with Gasteiger partial charge >= 0.3 is 6.61 Å². The van der Waals surface area contributed by atoms with Crippen molar-refractivity contribution in [2.45, 2.75) is 40.1 Å². The maximum Gasteiger partial charge on any atom is 0.387 e. The number of nitrogens with zero attached hydrogens (tertiary/aromatic N) is 2. The van der Waals surface area contributed by atoms with Gasteiger partial charge < -0.3 is 15.4 Å². The van der Waals surface area contributed by atoms with Crippen molar-refractivity contribution in [1.82, 2.24) is 15.5 Å². The topological polar surface area (TPSA) is 48.9 Å². The minimum atomic E-state index is -2.85. The van der Waals surface area contributed by atoms with Gasteiger partial charge in [-0.3, -0.25) is 9.89 Å². The van der Waals surface area contributed by atoms with Crippen molar-refractivity contribution in [3.63, 3.8) is 0 Å². The molecule has 0 aliphatic carbocycles. The van der Waals surface area contributed by atoms with Gasteiger partial charge in [-0.05, 0) is 30.3 Å². The van der Waals surface area contributed by atoms with E-state index in [0.29, 0.717) is 24.6 Å². The molecule has 0 atom stereocenters. The first-order chi connectivity index (χ1) is 14.1. The van der Waals surface area contributed by atoms with Gasteiger partial charge in [-0.15, -0.1) is 0 Å². The van der Waals surface area contributed by atoms with Crippen LogP contribution >= 0.6 is 0 Å². The normalized spacial score (nSPS) is 11.8. The van der Waals surface area contributed by atoms with Crippen molar-refractivity contribution in [2.75, 3.05) is 20.1 Å². The summed E-state index contributed by atoms with van der Waals surface area (Å²) >= 11 is 0. The molecule has 2 aromatic carbocycles. The van der Waals surface area contributed by atoms with Gasteiger partial charge in [0.15, 0.2) is 5.96 Å². The maximum absolute atomic E-state index is 12.6. The smallest absolute Gasteiger partial charge is 0.387 e. The molecule has 0 aliphatic heterocycles. The lowest BCUT2D eigenvalue weighted by atomic mass is 10.1. The number of hydrogen-bond acceptors (Lipinski definition) is 3. The third kappa shape index (κ3) is 7.34. The van der Waals surface area contributed by atoms with Crippen LogP contribution in [0.15, 0.2) is 53.5 Å². The minimum absolute atomic E-state index is 0.162. The van der Waals surface area contributed by atoms with E-state index in [9.17, 15) is 8.78 Å². The number of ether oxygens (including phenoxy) is 1. The van der Waals surface area contributed by atoms with E-state index in [1.54, 1.807) is 25.2 Å². The summed E-state index contributed by atoms with van der Waals surface area (Å²) in [7, 11) is 1.68. The van der Waals surface area contributed by atoms with Crippen molar-refractivity contribution in [1.29, 1.82) is 0 Å². The number of nitrogens with one attached hydrogen (secondary N) is 2. The molecule has 0 aromatic heterocycles. The Balaban J connectivity index is 1.97. The monoisotopic (exact) mass is 404 g/mol. The Morgan fingerprint density at radius 1 is 0.931 bits per heavy atom. The van der Waals surface area contributed by atoms with Crippen LogP contribution < -0.4 is 15.4 Å². The lowest BCUT2D eigenvalue weighted by Gasteiger charge is -2.21. The SMILES string of the molecule is CCN(CC)Cc1ccccc1CNC(=NC)NCc1ccccc1OC(F)F. The zero-order valence-electron chi connectivity index (χ0n) is 17.3. The molecular formula is C22H30F2N4O. The third-order valence-corrected chi connectivity index (χ3v) is 4.71. The number of rotatable bonds is 10. The molecule has 0 radical (unpaired) electrons. The van der Waals surface area contributed by atoms with E-state index in [2.05, 4.69) is 57.3 Å². The van der Waals surface area contributed by atoms with Crippen LogP contribution in [0, 0.1) is 0 Å². The van der Waals surface area contributed by atoms with Gasteiger partial charge in [0.25, 0.3) is 0 Å². The number of guanidine groups is 1. The molecule has 0 fully saturated rings. The Hall–Kier alpha value is -2.67. The van der Waals surface area contributed by atoms with Crippen LogP contribution in [0.3, 0.4) is 0 Å². The fraction of sp³-hybridized carbons (Fsp3) is 0.409. The Labute approximate surface area is 171 Å². The summed E-state index contributed by atoms with van der Waals surface area (Å²) in [5.74, 6) is 0.754. The second-order valence-corrected chi connectivity index (χ2v) is 6.50. The van der Waals surface area contributed by atoms with Crippen LogP contribution in [-0.2, 0) is 19.6 Å². The predicted octanol–water partition coefficient (Wildman–Crippen LogP) is 4.00. The number of halogens is 2. The second kappa shape index (κ2) is 12.0. The zero-order chi connectivity index (χ0) is 21.1. The highest BCUT2D eigenvalue weighted by Gasteiger charge is 2.10. The van der Waals surface area contributed by atoms with E-state index in [1.165, 1.54) is 17.2 Å². The lowest BCUT2D eigenvalue weighted by molar-refractivity contribution is -0.0504. The minimum Gasteiger partial charge on any atom is -0.434 e. The lowest BCUT2D eigenvalue weighted by Crippen LogP contribution is -2.36. The average molecular weight is 405 g/mol. The molecule has 2 aromatic rings. The molecule has 29 heavy (non-hydrogen) atoms. The standard InChI is InChI=1S/C22H30F2N4O/c1-4-28(5-2)16-19-12-7-6-10-17(19)14-26-22(25-3)27-15-18-11-8-9-13-20(18)29-21(23)24/h6-13,21H,4-5,14-16H2,1-3H3,(H2,25,26,27). The maximum atomic E-state index is 12.6. The Kier molecular flexibility index (Phi) is 9.37. The molecule has 0 spiro atoms. The average Bonchev–Trinajstić information content (AvgIpc) is 2.73. The fourth-order valence-corrected chi connectivity index (χ4v) is 3.01. The van der Waals surface area contributed by atoms with E-state index in [0.717, 1.165) is 19.6 Å². The number of alkyl halides is 2. The van der Waals surface area contributed by atoms with E-state index in [1.807, 2.05) is 6.07 Å². The van der Waals surface area contributed by atoms with Crippen LogP contribution in [-0.4, -0.2) is 37.6 Å². The largest absolute Gasteiger partial charge is 0.434 e. The molecule has 0 bridgehead atoms. The van der Waals surface area contributed by atoms with Gasteiger partial charge in [-0.1, -0.05) is 56.3 Å². The van der Waals surface area contributed by atoms with Crippen LogP contribution in [0.2, 0.25) is 0 Å². The first kappa shape index (κ1) is 22.6. The van der Waals surface area contributed by atoms with Gasteiger partial charge in [0.1, 0.15) is 5.75 Å². The van der Waals surface area contributed by atoms with Gasteiger partial charge in [-0.25, -0.2) is 0 Å². The highest BCUT2D eigenvalue weighted by Crippen LogP contribution is 2.20. The van der Waals surface area contributed by atoms with Crippen LogP contribution in [0.4, 0.5) is 8.78 Å². The van der Waals surface area contributed by atoms with E-state index >= 15 is 0 Å². The molecule has 7 heteroatoms. The highest BCUT2D eigenvalue weighted by molar-refractivity contribution is 5.79. The quantitative estimate of drug-likeness (QED) is 0.464. The van der Waals surface area contributed by atoms with E-state index in [-0.39, 0.29) is 5.75 Å². The summed E-state index contributed by atoms with van der Waals surface area (Å²) in [5, 5.41) is 6.45. The van der Waals surface area contributed by atoms with Crippen molar-refractivity contribution in [2.24, 2.45) is 4.99 Å². The number of hydrogen-bond donors (Lipinski definition) is 2. The van der Waals surface area contributed by atoms with Gasteiger partial charge in [0.05, 0.1) is 0 Å². The number of benzene rings is 2. The Morgan fingerprint density at radius 3 is 2.07 bits per heavy atom. The van der Waals surface area contributed by atoms with Gasteiger partial charge in [0.2, 0.25) is 0 Å². The van der Waals surface area contributed by atoms with Crippen molar-refractivity contribution in [3.05, 3.63) is 65.2 Å². The third-order valence-electron chi connectivity index (χ3n) is 4.71.